The van der Waals surface area contributed by atoms with E-state index in [9.17, 15) is 21.6 Å². The topological polar surface area (TPSA) is 65.5 Å². The summed E-state index contributed by atoms with van der Waals surface area (Å²) in [5, 5.41) is 0.713. The van der Waals surface area contributed by atoms with Crippen LogP contribution in [-0.4, -0.2) is 34.2 Å². The fourth-order valence-corrected chi connectivity index (χ4v) is 9.01. The van der Waals surface area contributed by atoms with Gasteiger partial charge < -0.3 is 4.43 Å². The molecule has 10 heteroatoms. The highest BCUT2D eigenvalue weighted by atomic mass is 32.2. The third-order valence-electron chi connectivity index (χ3n) is 5.53. The van der Waals surface area contributed by atoms with Crippen LogP contribution in [0.15, 0.2) is 78.9 Å². The van der Waals surface area contributed by atoms with Crippen LogP contribution in [0, 0.1) is 0 Å². The first kappa shape index (κ1) is 27.1. The van der Waals surface area contributed by atoms with E-state index in [-0.39, 0.29) is 11.4 Å². The van der Waals surface area contributed by atoms with E-state index in [0.29, 0.717) is 10.4 Å². The van der Waals surface area contributed by atoms with Gasteiger partial charge in [-0.25, -0.2) is 0 Å². The van der Waals surface area contributed by atoms with Gasteiger partial charge in [-0.15, -0.1) is 0 Å². The lowest BCUT2D eigenvalue weighted by molar-refractivity contribution is -0.201. The summed E-state index contributed by atoms with van der Waals surface area (Å²) in [6.07, 6.45) is -6.26. The van der Waals surface area contributed by atoms with Crippen molar-refractivity contribution >= 4 is 28.8 Å². The van der Waals surface area contributed by atoms with Crippen LogP contribution in [0.2, 0.25) is 5.04 Å². The van der Waals surface area contributed by atoms with Crippen molar-refractivity contribution in [3.05, 3.63) is 90.3 Å². The second kappa shape index (κ2) is 10.2. The van der Waals surface area contributed by atoms with E-state index < -0.39 is 42.4 Å². The van der Waals surface area contributed by atoms with Crippen LogP contribution in [0.4, 0.5) is 13.2 Å². The van der Waals surface area contributed by atoms with E-state index in [1.165, 1.54) is 18.2 Å². The van der Waals surface area contributed by atoms with Crippen molar-refractivity contribution in [2.45, 2.75) is 44.7 Å². The monoisotopic (exact) mass is 523 g/mol. The molecule has 35 heavy (non-hydrogen) atoms. The molecule has 5 nitrogen and oxygen atoms in total. The van der Waals surface area contributed by atoms with Crippen molar-refractivity contribution in [2.75, 3.05) is 6.26 Å². The Morgan fingerprint density at radius 3 is 1.80 bits per heavy atom. The van der Waals surface area contributed by atoms with Gasteiger partial charge in [0.05, 0.1) is 17.6 Å². The van der Waals surface area contributed by atoms with E-state index in [2.05, 4.69) is 4.98 Å². The molecule has 1 heterocycles. The molecule has 2 aromatic carbocycles. The summed E-state index contributed by atoms with van der Waals surface area (Å²) >= 11 is 0. The minimum atomic E-state index is -4.78. The molecule has 1 aromatic heterocycles. The zero-order valence-electron chi connectivity index (χ0n) is 19.9. The highest BCUT2D eigenvalue weighted by Crippen LogP contribution is 2.44. The molecule has 0 N–H and O–H groups in total. The quantitative estimate of drug-likeness (QED) is 0.315. The van der Waals surface area contributed by atoms with Gasteiger partial charge in [-0.3, -0.25) is 9.17 Å². The van der Waals surface area contributed by atoms with Crippen LogP contribution in [0.1, 0.15) is 38.3 Å². The third-order valence-corrected chi connectivity index (χ3v) is 11.1. The summed E-state index contributed by atoms with van der Waals surface area (Å²) < 4.78 is 77.5. The highest BCUT2D eigenvalue weighted by molar-refractivity contribution is 7.85. The van der Waals surface area contributed by atoms with Crippen LogP contribution < -0.4 is 10.4 Å². The van der Waals surface area contributed by atoms with Gasteiger partial charge in [0.15, 0.2) is 6.10 Å². The highest BCUT2D eigenvalue weighted by Gasteiger charge is 2.56. The lowest BCUT2D eigenvalue weighted by atomic mass is 10.2. The largest absolute Gasteiger partial charge is 0.419 e. The first-order chi connectivity index (χ1) is 16.2. The molecule has 188 valence electrons. The number of hydrogen-bond donors (Lipinski definition) is 0. The minimum Gasteiger partial charge on any atom is -0.391 e. The summed E-state index contributed by atoms with van der Waals surface area (Å²) in [6, 6.07) is 22.0. The molecule has 0 saturated heterocycles. The molecular formula is C25H28F3NO4SSi. The second-order valence-electron chi connectivity index (χ2n) is 9.22. The number of halogens is 3. The summed E-state index contributed by atoms with van der Waals surface area (Å²) in [5.74, 6) is 0. The summed E-state index contributed by atoms with van der Waals surface area (Å²) in [6.45, 7) is 5.18. The molecule has 0 aliphatic carbocycles. The Hall–Kier alpha value is -2.53. The van der Waals surface area contributed by atoms with Crippen molar-refractivity contribution in [3.8, 4) is 0 Å². The van der Waals surface area contributed by atoms with Gasteiger partial charge in [0.2, 0.25) is 0 Å². The second-order valence-corrected chi connectivity index (χ2v) is 15.1. The Bertz CT molecular complexity index is 1190. The minimum absolute atomic E-state index is 0.0493. The molecule has 3 rings (SSSR count). The lowest BCUT2D eigenvalue weighted by Crippen LogP contribution is -2.67. The third kappa shape index (κ3) is 6.37. The predicted molar refractivity (Wildman–Crippen MR) is 131 cm³/mol. The van der Waals surface area contributed by atoms with Crippen molar-refractivity contribution < 1.29 is 30.2 Å². The maximum absolute atomic E-state index is 14.6. The fraction of sp³-hybridized carbons (Fsp3) is 0.320. The van der Waals surface area contributed by atoms with E-state index in [0.717, 1.165) is 6.26 Å². The first-order valence-corrected chi connectivity index (χ1v) is 14.6. The van der Waals surface area contributed by atoms with Gasteiger partial charge in [0.1, 0.15) is 6.61 Å². The van der Waals surface area contributed by atoms with E-state index in [4.69, 9.17) is 8.61 Å². The van der Waals surface area contributed by atoms with Crippen molar-refractivity contribution in [1.82, 2.24) is 4.98 Å². The van der Waals surface area contributed by atoms with Gasteiger partial charge >= 0.3 is 6.18 Å². The molecule has 0 bridgehead atoms. The van der Waals surface area contributed by atoms with E-state index in [1.807, 2.05) is 57.2 Å². The Kier molecular flexibility index (Phi) is 7.90. The molecular weight excluding hydrogens is 495 g/mol. The number of nitrogens with zero attached hydrogens (tertiary/aromatic N) is 1. The van der Waals surface area contributed by atoms with Gasteiger partial charge in [-0.2, -0.15) is 21.6 Å². The number of aromatic nitrogens is 1. The van der Waals surface area contributed by atoms with Crippen LogP contribution in [0.3, 0.4) is 0 Å². The number of rotatable bonds is 8. The number of pyridine rings is 1. The van der Waals surface area contributed by atoms with Crippen LogP contribution in [0.25, 0.3) is 0 Å². The van der Waals surface area contributed by atoms with Gasteiger partial charge in [0, 0.05) is 0 Å². The van der Waals surface area contributed by atoms with Crippen molar-refractivity contribution in [3.63, 3.8) is 0 Å². The number of benzene rings is 2. The SMILES string of the molecule is CC(C)(C)[Si](OC(c1cccc(COS(C)(=O)=O)n1)C(F)(F)F)(c1ccccc1)c1ccccc1. The van der Waals surface area contributed by atoms with Crippen molar-refractivity contribution in [2.24, 2.45) is 0 Å². The van der Waals surface area contributed by atoms with Crippen LogP contribution in [-0.2, 0) is 25.3 Å². The average Bonchev–Trinajstić information content (AvgIpc) is 2.78. The average molecular weight is 524 g/mol. The lowest BCUT2D eigenvalue weighted by Gasteiger charge is -2.45. The van der Waals surface area contributed by atoms with Crippen LogP contribution >= 0.6 is 0 Å². The van der Waals surface area contributed by atoms with E-state index >= 15 is 0 Å². The maximum Gasteiger partial charge on any atom is 0.419 e. The standard InChI is InChI=1S/C25H28F3NO4SSi/c1-24(2,3)35(20-13-7-5-8-14-20,21-15-9-6-10-16-21)33-23(25(26,27)28)22-17-11-12-19(29-22)18-32-34(4,30)31/h5-17,23H,18H2,1-4H3. The molecule has 0 aliphatic rings. The summed E-state index contributed by atoms with van der Waals surface area (Å²) in [4.78, 5) is 4.08. The van der Waals surface area contributed by atoms with Gasteiger partial charge in [-0.1, -0.05) is 87.5 Å². The molecule has 0 amide bonds. The Morgan fingerprint density at radius 2 is 1.37 bits per heavy atom. The van der Waals surface area contributed by atoms with E-state index in [1.54, 1.807) is 24.3 Å². The molecule has 1 unspecified atom stereocenters. The summed E-state index contributed by atoms with van der Waals surface area (Å²) in [5.41, 5.74) is -0.312. The zero-order valence-corrected chi connectivity index (χ0v) is 21.7. The molecule has 0 aliphatic heterocycles. The van der Waals surface area contributed by atoms with Crippen molar-refractivity contribution in [1.29, 1.82) is 0 Å². The smallest absolute Gasteiger partial charge is 0.391 e. The molecule has 1 atom stereocenters. The molecule has 0 radical (unpaired) electrons. The number of hydrogen-bond acceptors (Lipinski definition) is 5. The maximum atomic E-state index is 14.6. The molecule has 0 saturated carbocycles. The molecule has 0 spiro atoms. The van der Waals surface area contributed by atoms with Gasteiger partial charge in [0.25, 0.3) is 18.4 Å². The Morgan fingerprint density at radius 1 is 0.857 bits per heavy atom. The summed E-state index contributed by atoms with van der Waals surface area (Å²) in [7, 11) is -7.35. The van der Waals surface area contributed by atoms with Crippen LogP contribution in [0.5, 0.6) is 0 Å². The first-order valence-electron chi connectivity index (χ1n) is 10.9. The fourth-order valence-electron chi connectivity index (χ4n) is 4.05. The Balaban J connectivity index is 2.19. The molecule has 3 aromatic rings. The molecule has 0 fully saturated rings. The van der Waals surface area contributed by atoms with Gasteiger partial charge in [-0.05, 0) is 27.5 Å². The Labute approximate surface area is 205 Å². The predicted octanol–water partition coefficient (Wildman–Crippen LogP) is 4.74. The normalized spacial score (nSPS) is 14.0. The zero-order chi connectivity index (χ0) is 25.9. The number of alkyl halides is 3.